The molecule has 0 aromatic heterocycles. The summed E-state index contributed by atoms with van der Waals surface area (Å²) in [7, 11) is 2.08. The molecule has 1 aliphatic heterocycles. The molecule has 1 heterocycles. The van der Waals surface area contributed by atoms with Crippen LogP contribution in [0.1, 0.15) is 29.5 Å². The van der Waals surface area contributed by atoms with Gasteiger partial charge in [-0.3, -0.25) is 4.79 Å². The Morgan fingerprint density at radius 1 is 1.03 bits per heavy atom. The van der Waals surface area contributed by atoms with Crippen LogP contribution in [0.15, 0.2) is 48.5 Å². The number of amides is 1. The van der Waals surface area contributed by atoms with Crippen LogP contribution >= 0.6 is 0 Å². The third-order valence-electron chi connectivity index (χ3n) is 5.44. The van der Waals surface area contributed by atoms with E-state index >= 15 is 0 Å². The number of carbonyl (C=O) groups excluding carboxylic acids is 1. The van der Waals surface area contributed by atoms with Gasteiger partial charge in [-0.25, -0.2) is 0 Å². The van der Waals surface area contributed by atoms with E-state index in [0.717, 1.165) is 37.1 Å². The Morgan fingerprint density at radius 2 is 1.60 bits per heavy atom. The Hall–Kier alpha value is -2.54. The van der Waals surface area contributed by atoms with Crippen molar-refractivity contribution in [1.29, 1.82) is 0 Å². The molecule has 0 bridgehead atoms. The molecule has 7 heteroatoms. The van der Waals surface area contributed by atoms with Gasteiger partial charge in [-0.15, -0.1) is 13.2 Å². The lowest BCUT2D eigenvalue weighted by Gasteiger charge is -2.37. The fourth-order valence-electron chi connectivity index (χ4n) is 3.70. The molecule has 1 aliphatic rings. The van der Waals surface area contributed by atoms with Gasteiger partial charge in [-0.2, -0.15) is 0 Å². The molecule has 0 aliphatic carbocycles. The smallest absolute Gasteiger partial charge is 0.406 e. The highest BCUT2D eigenvalue weighted by Gasteiger charge is 2.31. The molecule has 1 amide bonds. The highest BCUT2D eigenvalue weighted by atomic mass is 19.4. The molecular weight excluding hydrogens is 393 g/mol. The van der Waals surface area contributed by atoms with Gasteiger partial charge < -0.3 is 14.5 Å². The van der Waals surface area contributed by atoms with Gasteiger partial charge in [-0.05, 0) is 63.2 Å². The number of hydrogen-bond acceptors (Lipinski definition) is 3. The van der Waals surface area contributed by atoms with Crippen molar-refractivity contribution in [2.75, 3.05) is 20.1 Å². The van der Waals surface area contributed by atoms with Crippen LogP contribution in [-0.4, -0.2) is 48.2 Å². The molecule has 2 aromatic carbocycles. The number of piperidine rings is 1. The minimum atomic E-state index is -4.73. The normalized spacial score (nSPS) is 15.8. The number of halogens is 3. The van der Waals surface area contributed by atoms with E-state index in [4.69, 9.17) is 0 Å². The summed E-state index contributed by atoms with van der Waals surface area (Å²) in [6.07, 6.45) is -2.76. The Balaban J connectivity index is 1.71. The second kappa shape index (κ2) is 9.51. The van der Waals surface area contributed by atoms with Crippen molar-refractivity contribution in [3.8, 4) is 5.75 Å². The Morgan fingerprint density at radius 3 is 2.17 bits per heavy atom. The summed E-state index contributed by atoms with van der Waals surface area (Å²) in [5.74, 6) is -0.305. The van der Waals surface area contributed by atoms with Crippen molar-refractivity contribution in [2.24, 2.45) is 0 Å². The van der Waals surface area contributed by atoms with Gasteiger partial charge in [0.25, 0.3) is 0 Å². The van der Waals surface area contributed by atoms with Gasteiger partial charge >= 0.3 is 6.36 Å². The molecule has 1 saturated heterocycles. The Kier molecular flexibility index (Phi) is 7.02. The van der Waals surface area contributed by atoms with Gasteiger partial charge in [0.2, 0.25) is 5.91 Å². The molecule has 4 nitrogen and oxygen atoms in total. The maximum atomic E-state index is 13.2. The van der Waals surface area contributed by atoms with Crippen LogP contribution in [0.2, 0.25) is 0 Å². The first kappa shape index (κ1) is 22.2. The second-order valence-electron chi connectivity index (χ2n) is 7.91. The summed E-state index contributed by atoms with van der Waals surface area (Å²) in [6, 6.07) is 13.8. The average molecular weight is 420 g/mol. The number of nitrogens with zero attached hydrogens (tertiary/aromatic N) is 2. The fraction of sp³-hybridized carbons (Fsp3) is 0.435. The number of aryl methyl sites for hydroxylation is 1. The second-order valence-corrected chi connectivity index (χ2v) is 7.91. The average Bonchev–Trinajstić information content (AvgIpc) is 2.69. The van der Waals surface area contributed by atoms with Crippen LogP contribution < -0.4 is 4.74 Å². The van der Waals surface area contributed by atoms with Crippen LogP contribution in [0.5, 0.6) is 5.75 Å². The van der Waals surface area contributed by atoms with Crippen molar-refractivity contribution < 1.29 is 22.7 Å². The topological polar surface area (TPSA) is 32.8 Å². The largest absolute Gasteiger partial charge is 0.573 e. The number of ether oxygens (including phenoxy) is 1. The van der Waals surface area contributed by atoms with Gasteiger partial charge in [0.15, 0.2) is 0 Å². The third-order valence-corrected chi connectivity index (χ3v) is 5.44. The van der Waals surface area contributed by atoms with Crippen LogP contribution in [0.3, 0.4) is 0 Å². The van der Waals surface area contributed by atoms with E-state index in [1.807, 2.05) is 36.1 Å². The van der Waals surface area contributed by atoms with Gasteiger partial charge in [-0.1, -0.05) is 42.0 Å². The molecule has 0 atom stereocenters. The molecule has 1 fully saturated rings. The van der Waals surface area contributed by atoms with Crippen LogP contribution in [0.4, 0.5) is 13.2 Å². The van der Waals surface area contributed by atoms with E-state index in [1.54, 1.807) is 0 Å². The van der Waals surface area contributed by atoms with E-state index in [1.165, 1.54) is 24.3 Å². The first-order valence-corrected chi connectivity index (χ1v) is 10.1. The maximum absolute atomic E-state index is 13.2. The quantitative estimate of drug-likeness (QED) is 0.687. The zero-order valence-electron chi connectivity index (χ0n) is 17.3. The van der Waals surface area contributed by atoms with E-state index in [0.29, 0.717) is 12.1 Å². The minimum Gasteiger partial charge on any atom is -0.406 e. The monoisotopic (exact) mass is 420 g/mol. The molecule has 30 heavy (non-hydrogen) atoms. The molecule has 0 radical (unpaired) electrons. The van der Waals surface area contributed by atoms with Crippen molar-refractivity contribution in [1.82, 2.24) is 9.80 Å². The standard InChI is InChI=1S/C23H27F3N2O2/c1-17-3-5-19(6-4-17)16-28(20-11-13-27(2)14-12-20)22(29)15-18-7-9-21(10-8-18)30-23(24,25)26/h3-10,20H,11-16H2,1-2H3. The summed E-state index contributed by atoms with van der Waals surface area (Å²) in [4.78, 5) is 17.4. The van der Waals surface area contributed by atoms with Crippen molar-refractivity contribution >= 4 is 5.91 Å². The summed E-state index contributed by atoms with van der Waals surface area (Å²) >= 11 is 0. The van der Waals surface area contributed by atoms with Gasteiger partial charge in [0, 0.05) is 12.6 Å². The molecule has 3 rings (SSSR count). The van der Waals surface area contributed by atoms with E-state index in [-0.39, 0.29) is 24.1 Å². The molecule has 0 unspecified atom stereocenters. The lowest BCUT2D eigenvalue weighted by molar-refractivity contribution is -0.274. The van der Waals surface area contributed by atoms with Crippen LogP contribution in [0.25, 0.3) is 0 Å². The van der Waals surface area contributed by atoms with E-state index in [9.17, 15) is 18.0 Å². The SMILES string of the molecule is Cc1ccc(CN(C(=O)Cc2ccc(OC(F)(F)F)cc2)C2CCN(C)CC2)cc1. The van der Waals surface area contributed by atoms with Crippen molar-refractivity contribution in [2.45, 2.75) is 45.1 Å². The molecule has 0 spiro atoms. The number of alkyl halides is 3. The zero-order valence-corrected chi connectivity index (χ0v) is 17.3. The summed E-state index contributed by atoms with van der Waals surface area (Å²) in [5.41, 5.74) is 2.90. The summed E-state index contributed by atoms with van der Waals surface area (Å²) < 4.78 is 40.9. The van der Waals surface area contributed by atoms with E-state index in [2.05, 4.69) is 16.7 Å². The highest BCUT2D eigenvalue weighted by Crippen LogP contribution is 2.24. The molecule has 2 aromatic rings. The number of hydrogen-bond donors (Lipinski definition) is 0. The first-order chi connectivity index (χ1) is 14.2. The Labute approximate surface area is 175 Å². The predicted octanol–water partition coefficient (Wildman–Crippen LogP) is 4.56. The number of benzene rings is 2. The molecular formula is C23H27F3N2O2. The summed E-state index contributed by atoms with van der Waals surface area (Å²) in [6.45, 7) is 4.43. The highest BCUT2D eigenvalue weighted by molar-refractivity contribution is 5.79. The minimum absolute atomic E-state index is 0.0189. The number of carbonyl (C=O) groups is 1. The lowest BCUT2D eigenvalue weighted by atomic mass is 10.0. The zero-order chi connectivity index (χ0) is 21.7. The van der Waals surface area contributed by atoms with Crippen LogP contribution in [-0.2, 0) is 17.8 Å². The van der Waals surface area contributed by atoms with Crippen LogP contribution in [0, 0.1) is 6.92 Å². The first-order valence-electron chi connectivity index (χ1n) is 10.1. The summed E-state index contributed by atoms with van der Waals surface area (Å²) in [5, 5.41) is 0. The van der Waals surface area contributed by atoms with Crippen molar-refractivity contribution in [3.05, 3.63) is 65.2 Å². The van der Waals surface area contributed by atoms with E-state index < -0.39 is 6.36 Å². The van der Waals surface area contributed by atoms with Gasteiger partial charge in [0.1, 0.15) is 5.75 Å². The Bertz CT molecular complexity index is 827. The predicted molar refractivity (Wildman–Crippen MR) is 109 cm³/mol. The molecule has 0 saturated carbocycles. The van der Waals surface area contributed by atoms with Crippen molar-refractivity contribution in [3.63, 3.8) is 0 Å². The third kappa shape index (κ3) is 6.49. The maximum Gasteiger partial charge on any atom is 0.573 e. The van der Waals surface area contributed by atoms with Gasteiger partial charge in [0.05, 0.1) is 6.42 Å². The molecule has 162 valence electrons. The number of rotatable bonds is 6. The molecule has 0 N–H and O–H groups in total. The number of likely N-dealkylation sites (tertiary alicyclic amines) is 1. The lowest BCUT2D eigenvalue weighted by Crippen LogP contribution is -2.46. The fourth-order valence-corrected chi connectivity index (χ4v) is 3.70.